The van der Waals surface area contributed by atoms with E-state index in [9.17, 15) is 0 Å². The number of likely N-dealkylation sites (tertiary alicyclic amines) is 1. The third-order valence-electron chi connectivity index (χ3n) is 4.63. The van der Waals surface area contributed by atoms with E-state index >= 15 is 0 Å². The molecule has 0 aromatic heterocycles. The van der Waals surface area contributed by atoms with Gasteiger partial charge in [-0.1, -0.05) is 36.6 Å². The van der Waals surface area contributed by atoms with Crippen LogP contribution in [0.2, 0.25) is 5.02 Å². The Morgan fingerprint density at radius 3 is 2.70 bits per heavy atom. The van der Waals surface area contributed by atoms with Gasteiger partial charge < -0.3 is 5.32 Å². The van der Waals surface area contributed by atoms with Crippen LogP contribution >= 0.6 is 11.6 Å². The molecule has 3 rings (SSSR count). The molecule has 1 aromatic carbocycles. The normalized spacial score (nSPS) is 25.1. The molecule has 20 heavy (non-hydrogen) atoms. The van der Waals surface area contributed by atoms with Gasteiger partial charge >= 0.3 is 0 Å². The lowest BCUT2D eigenvalue weighted by molar-refractivity contribution is 0.176. The highest BCUT2D eigenvalue weighted by Crippen LogP contribution is 2.21. The highest BCUT2D eigenvalue weighted by atomic mass is 35.5. The lowest BCUT2D eigenvalue weighted by atomic mass is 10.0. The van der Waals surface area contributed by atoms with Gasteiger partial charge in [0.05, 0.1) is 0 Å². The summed E-state index contributed by atoms with van der Waals surface area (Å²) in [6.07, 6.45) is 8.23. The summed E-state index contributed by atoms with van der Waals surface area (Å²) in [4.78, 5) is 2.57. The van der Waals surface area contributed by atoms with E-state index < -0.39 is 0 Å². The molecule has 110 valence electrons. The Balaban J connectivity index is 1.52. The molecule has 1 atom stereocenters. The van der Waals surface area contributed by atoms with E-state index in [0.717, 1.165) is 17.6 Å². The zero-order valence-electron chi connectivity index (χ0n) is 12.2. The number of halogens is 1. The van der Waals surface area contributed by atoms with Gasteiger partial charge in [0, 0.05) is 30.2 Å². The van der Waals surface area contributed by atoms with Gasteiger partial charge in [0.25, 0.3) is 0 Å². The van der Waals surface area contributed by atoms with Crippen LogP contribution in [0.3, 0.4) is 0 Å². The quantitative estimate of drug-likeness (QED) is 0.907. The monoisotopic (exact) mass is 292 g/mol. The maximum Gasteiger partial charge on any atom is 0.0409 e. The first-order valence-corrected chi connectivity index (χ1v) is 8.40. The first kappa shape index (κ1) is 14.4. The van der Waals surface area contributed by atoms with E-state index in [1.807, 2.05) is 6.07 Å². The van der Waals surface area contributed by atoms with Crippen molar-refractivity contribution in [1.82, 2.24) is 10.2 Å². The van der Waals surface area contributed by atoms with Crippen LogP contribution in [-0.2, 0) is 6.54 Å². The van der Waals surface area contributed by atoms with Crippen LogP contribution in [0.4, 0.5) is 0 Å². The van der Waals surface area contributed by atoms with Crippen LogP contribution in [0.25, 0.3) is 0 Å². The van der Waals surface area contributed by atoms with Crippen LogP contribution in [-0.4, -0.2) is 30.1 Å². The minimum Gasteiger partial charge on any atom is -0.310 e. The third kappa shape index (κ3) is 3.97. The lowest BCUT2D eigenvalue weighted by Gasteiger charge is -2.34. The summed E-state index contributed by atoms with van der Waals surface area (Å²) in [5.74, 6) is 0. The molecule has 2 nitrogen and oxygen atoms in total. The van der Waals surface area contributed by atoms with Gasteiger partial charge in [0.1, 0.15) is 0 Å². The molecule has 1 aliphatic carbocycles. The molecule has 1 heterocycles. The van der Waals surface area contributed by atoms with E-state index in [0.29, 0.717) is 6.04 Å². The molecule has 0 bridgehead atoms. The fourth-order valence-corrected chi connectivity index (χ4v) is 3.87. The smallest absolute Gasteiger partial charge is 0.0409 e. The molecule has 1 aromatic rings. The van der Waals surface area contributed by atoms with E-state index in [1.54, 1.807) is 0 Å². The molecule has 2 aliphatic rings. The van der Waals surface area contributed by atoms with Crippen LogP contribution in [0.1, 0.15) is 44.1 Å². The number of hydrogen-bond acceptors (Lipinski definition) is 2. The number of benzene rings is 1. The third-order valence-corrected chi connectivity index (χ3v) is 4.86. The van der Waals surface area contributed by atoms with Gasteiger partial charge in [-0.05, 0) is 49.9 Å². The van der Waals surface area contributed by atoms with Crippen molar-refractivity contribution in [2.45, 2.75) is 57.2 Å². The fraction of sp³-hybridized carbons (Fsp3) is 0.647. The number of rotatable bonds is 4. The van der Waals surface area contributed by atoms with Gasteiger partial charge in [-0.2, -0.15) is 0 Å². The van der Waals surface area contributed by atoms with Crippen molar-refractivity contribution in [2.24, 2.45) is 0 Å². The zero-order valence-corrected chi connectivity index (χ0v) is 12.9. The molecular weight excluding hydrogens is 268 g/mol. The molecule has 1 saturated carbocycles. The predicted molar refractivity (Wildman–Crippen MR) is 85.1 cm³/mol. The van der Waals surface area contributed by atoms with E-state index in [-0.39, 0.29) is 0 Å². The molecule has 2 fully saturated rings. The Labute approximate surface area is 127 Å². The van der Waals surface area contributed by atoms with Crippen molar-refractivity contribution in [3.05, 3.63) is 34.9 Å². The van der Waals surface area contributed by atoms with Crippen molar-refractivity contribution in [2.75, 3.05) is 13.1 Å². The largest absolute Gasteiger partial charge is 0.310 e. The van der Waals surface area contributed by atoms with Gasteiger partial charge in [-0.25, -0.2) is 0 Å². The van der Waals surface area contributed by atoms with Gasteiger partial charge in [0.2, 0.25) is 0 Å². The summed E-state index contributed by atoms with van der Waals surface area (Å²) in [6.45, 7) is 3.43. The number of hydrogen-bond donors (Lipinski definition) is 1. The second kappa shape index (κ2) is 6.93. The second-order valence-corrected chi connectivity index (χ2v) is 6.79. The number of piperidine rings is 1. The van der Waals surface area contributed by atoms with Gasteiger partial charge in [0.15, 0.2) is 0 Å². The molecular formula is C17H25ClN2. The Hall–Kier alpha value is -0.570. The predicted octanol–water partition coefficient (Wildman–Crippen LogP) is 3.84. The lowest BCUT2D eigenvalue weighted by Crippen LogP contribution is -2.48. The van der Waals surface area contributed by atoms with E-state index in [4.69, 9.17) is 11.6 Å². The highest BCUT2D eigenvalue weighted by Gasteiger charge is 2.23. The zero-order chi connectivity index (χ0) is 13.8. The fourth-order valence-electron chi connectivity index (χ4n) is 3.65. The minimum atomic E-state index is 0.686. The van der Waals surface area contributed by atoms with Crippen LogP contribution in [0, 0.1) is 0 Å². The standard InChI is InChI=1S/C17H25ClN2/c18-15-6-3-5-14(11-15)12-20-10-4-9-17(13-20)19-16-7-1-2-8-16/h3,5-6,11,16-17,19H,1-2,4,7-10,12-13H2. The first-order valence-electron chi connectivity index (χ1n) is 8.02. The number of nitrogens with one attached hydrogen (secondary N) is 1. The molecule has 1 saturated heterocycles. The van der Waals surface area contributed by atoms with E-state index in [1.165, 1.54) is 57.2 Å². The van der Waals surface area contributed by atoms with Crippen molar-refractivity contribution in [1.29, 1.82) is 0 Å². The molecule has 0 amide bonds. The summed E-state index contributed by atoms with van der Waals surface area (Å²) in [5.41, 5.74) is 1.33. The van der Waals surface area contributed by atoms with Gasteiger partial charge in [-0.3, -0.25) is 4.90 Å². The summed E-state index contributed by atoms with van der Waals surface area (Å²) in [5, 5.41) is 4.72. The number of nitrogens with zero attached hydrogens (tertiary/aromatic N) is 1. The first-order chi connectivity index (χ1) is 9.79. The molecule has 1 N–H and O–H groups in total. The summed E-state index contributed by atoms with van der Waals surface area (Å²) in [6, 6.07) is 9.74. The highest BCUT2D eigenvalue weighted by molar-refractivity contribution is 6.30. The molecule has 1 aliphatic heterocycles. The summed E-state index contributed by atoms with van der Waals surface area (Å²) in [7, 11) is 0. The Morgan fingerprint density at radius 1 is 1.10 bits per heavy atom. The Bertz CT molecular complexity index is 429. The summed E-state index contributed by atoms with van der Waals surface area (Å²) >= 11 is 6.07. The van der Waals surface area contributed by atoms with Crippen molar-refractivity contribution >= 4 is 11.6 Å². The maximum absolute atomic E-state index is 6.07. The minimum absolute atomic E-state index is 0.686. The average Bonchev–Trinajstić information content (AvgIpc) is 2.92. The Morgan fingerprint density at radius 2 is 1.90 bits per heavy atom. The topological polar surface area (TPSA) is 15.3 Å². The van der Waals surface area contributed by atoms with Gasteiger partial charge in [-0.15, -0.1) is 0 Å². The van der Waals surface area contributed by atoms with Crippen LogP contribution in [0.15, 0.2) is 24.3 Å². The maximum atomic E-state index is 6.07. The molecule has 0 spiro atoms. The Kier molecular flexibility index (Phi) is 4.98. The van der Waals surface area contributed by atoms with Crippen molar-refractivity contribution < 1.29 is 0 Å². The van der Waals surface area contributed by atoms with Crippen LogP contribution < -0.4 is 5.32 Å². The van der Waals surface area contributed by atoms with E-state index in [2.05, 4.69) is 28.4 Å². The molecule has 1 unspecified atom stereocenters. The van der Waals surface area contributed by atoms with Crippen molar-refractivity contribution in [3.63, 3.8) is 0 Å². The molecule has 3 heteroatoms. The second-order valence-electron chi connectivity index (χ2n) is 6.35. The van der Waals surface area contributed by atoms with Crippen molar-refractivity contribution in [3.8, 4) is 0 Å². The SMILES string of the molecule is Clc1cccc(CN2CCCC(NC3CCCC3)C2)c1. The van der Waals surface area contributed by atoms with Crippen LogP contribution in [0.5, 0.6) is 0 Å². The average molecular weight is 293 g/mol. The molecule has 0 radical (unpaired) electrons. The summed E-state index contributed by atoms with van der Waals surface area (Å²) < 4.78 is 0.